The molecule has 3 rings (SSSR count). The smallest absolute Gasteiger partial charge is 0.406 e. The summed E-state index contributed by atoms with van der Waals surface area (Å²) in [6, 6.07) is 7.51. The molecule has 0 spiro atoms. The molecule has 7 nitrogen and oxygen atoms in total. The average molecular weight is 455 g/mol. The van der Waals surface area contributed by atoms with Crippen LogP contribution in [0.3, 0.4) is 0 Å². The monoisotopic (exact) mass is 455 g/mol. The summed E-state index contributed by atoms with van der Waals surface area (Å²) < 4.78 is 40.4. The van der Waals surface area contributed by atoms with Crippen molar-refractivity contribution in [3.05, 3.63) is 46.7 Å². The normalized spacial score (nSPS) is 16.1. The van der Waals surface area contributed by atoms with E-state index >= 15 is 0 Å². The summed E-state index contributed by atoms with van der Waals surface area (Å²) >= 11 is 1.30. The van der Waals surface area contributed by atoms with Gasteiger partial charge in [0.15, 0.2) is 0 Å². The molecule has 1 aliphatic rings. The van der Waals surface area contributed by atoms with Crippen molar-refractivity contribution < 1.29 is 32.3 Å². The first kappa shape index (κ1) is 22.6. The molecule has 0 bridgehead atoms. The fourth-order valence-electron chi connectivity index (χ4n) is 3.30. The highest BCUT2D eigenvalue weighted by atomic mass is 32.1. The molecule has 1 saturated heterocycles. The van der Waals surface area contributed by atoms with E-state index in [1.54, 1.807) is 17.5 Å². The number of anilines is 1. The Morgan fingerprint density at radius 1 is 1.23 bits per heavy atom. The van der Waals surface area contributed by atoms with Crippen molar-refractivity contribution in [1.29, 1.82) is 0 Å². The van der Waals surface area contributed by atoms with Gasteiger partial charge in [0.2, 0.25) is 11.8 Å². The molecule has 1 aromatic heterocycles. The van der Waals surface area contributed by atoms with Crippen molar-refractivity contribution >= 4 is 34.7 Å². The molecule has 3 amide bonds. The number of carbonyl (C=O) groups is 3. The van der Waals surface area contributed by atoms with Gasteiger partial charge in [-0.15, -0.1) is 24.5 Å². The van der Waals surface area contributed by atoms with E-state index in [-0.39, 0.29) is 24.0 Å². The van der Waals surface area contributed by atoms with Crippen LogP contribution in [-0.2, 0) is 9.59 Å². The molecule has 0 saturated carbocycles. The SMILES string of the molecule is CN(CC(=O)Nc1ccc(OC(F)(F)F)cc1)C(=O)C1CCCN1C(=O)c1cccs1. The minimum Gasteiger partial charge on any atom is -0.406 e. The van der Waals surface area contributed by atoms with E-state index in [4.69, 9.17) is 0 Å². The van der Waals surface area contributed by atoms with Crippen LogP contribution in [0.15, 0.2) is 41.8 Å². The zero-order chi connectivity index (χ0) is 22.6. The van der Waals surface area contributed by atoms with Gasteiger partial charge in [-0.3, -0.25) is 14.4 Å². The first-order valence-corrected chi connectivity index (χ1v) is 10.3. The van der Waals surface area contributed by atoms with Gasteiger partial charge in [0.1, 0.15) is 11.8 Å². The minimum atomic E-state index is -4.80. The summed E-state index contributed by atoms with van der Waals surface area (Å²) in [5, 5.41) is 4.31. The zero-order valence-corrected chi connectivity index (χ0v) is 17.3. The third-order valence-electron chi connectivity index (χ3n) is 4.66. The number of likely N-dealkylation sites (tertiary alicyclic amines) is 1. The fraction of sp³-hybridized carbons (Fsp3) is 0.350. The maximum atomic E-state index is 12.8. The van der Waals surface area contributed by atoms with Crippen LogP contribution in [0.2, 0.25) is 0 Å². The molecule has 11 heteroatoms. The fourth-order valence-corrected chi connectivity index (χ4v) is 3.98. The Hall–Kier alpha value is -3.08. The summed E-state index contributed by atoms with van der Waals surface area (Å²) in [5.74, 6) is -1.47. The third-order valence-corrected chi connectivity index (χ3v) is 5.52. The minimum absolute atomic E-state index is 0.204. The number of ether oxygens (including phenoxy) is 1. The quantitative estimate of drug-likeness (QED) is 0.725. The Morgan fingerprint density at radius 3 is 2.55 bits per heavy atom. The van der Waals surface area contributed by atoms with E-state index in [9.17, 15) is 27.6 Å². The van der Waals surface area contributed by atoms with Gasteiger partial charge in [-0.1, -0.05) is 6.07 Å². The highest BCUT2D eigenvalue weighted by Gasteiger charge is 2.36. The Balaban J connectivity index is 1.55. The molecule has 0 aliphatic carbocycles. The van der Waals surface area contributed by atoms with E-state index in [0.717, 1.165) is 12.1 Å². The number of alkyl halides is 3. The number of thiophene rings is 1. The summed E-state index contributed by atoms with van der Waals surface area (Å²) in [6.45, 7) is 0.205. The Bertz CT molecular complexity index is 932. The maximum absolute atomic E-state index is 12.8. The van der Waals surface area contributed by atoms with Crippen LogP contribution >= 0.6 is 11.3 Å². The van der Waals surface area contributed by atoms with Crippen LogP contribution in [-0.4, -0.2) is 60.1 Å². The van der Waals surface area contributed by atoms with Crippen LogP contribution < -0.4 is 10.1 Å². The molecule has 2 aromatic rings. The van der Waals surface area contributed by atoms with Crippen molar-refractivity contribution in [2.45, 2.75) is 25.2 Å². The number of likely N-dealkylation sites (N-methyl/N-ethyl adjacent to an activating group) is 1. The number of hydrogen-bond donors (Lipinski definition) is 1. The lowest BCUT2D eigenvalue weighted by Gasteiger charge is -2.27. The molecule has 0 radical (unpaired) electrons. The Labute approximate surface area is 180 Å². The van der Waals surface area contributed by atoms with E-state index < -0.39 is 24.1 Å². The molecule has 2 heterocycles. The lowest BCUT2D eigenvalue weighted by molar-refractivity contribution is -0.274. The van der Waals surface area contributed by atoms with Crippen molar-refractivity contribution in [3.63, 3.8) is 0 Å². The molecular formula is C20H20F3N3O4S. The molecule has 1 unspecified atom stereocenters. The number of benzene rings is 1. The lowest BCUT2D eigenvalue weighted by atomic mass is 10.2. The van der Waals surface area contributed by atoms with E-state index in [1.165, 1.54) is 40.3 Å². The zero-order valence-electron chi connectivity index (χ0n) is 16.5. The summed E-state index contributed by atoms with van der Waals surface area (Å²) in [5.41, 5.74) is 0.260. The molecule has 1 fully saturated rings. The summed E-state index contributed by atoms with van der Waals surface area (Å²) in [7, 11) is 1.47. The van der Waals surface area contributed by atoms with Crippen LogP contribution in [0.4, 0.5) is 18.9 Å². The van der Waals surface area contributed by atoms with Gasteiger partial charge in [-0.2, -0.15) is 0 Å². The molecule has 166 valence electrons. The predicted molar refractivity (Wildman–Crippen MR) is 108 cm³/mol. The van der Waals surface area contributed by atoms with Crippen molar-refractivity contribution in [2.75, 3.05) is 25.5 Å². The number of nitrogens with zero attached hydrogens (tertiary/aromatic N) is 2. The number of carbonyl (C=O) groups excluding carboxylic acids is 3. The van der Waals surface area contributed by atoms with Gasteiger partial charge in [0.25, 0.3) is 5.91 Å². The van der Waals surface area contributed by atoms with E-state index in [0.29, 0.717) is 24.3 Å². The van der Waals surface area contributed by atoms with Crippen LogP contribution in [0, 0.1) is 0 Å². The first-order valence-electron chi connectivity index (χ1n) is 9.39. The van der Waals surface area contributed by atoms with Crippen molar-refractivity contribution in [3.8, 4) is 5.75 Å². The van der Waals surface area contributed by atoms with E-state index in [1.807, 2.05) is 0 Å². The summed E-state index contributed by atoms with van der Waals surface area (Å²) in [6.07, 6.45) is -3.59. The average Bonchev–Trinajstić information content (AvgIpc) is 3.39. The second-order valence-electron chi connectivity index (χ2n) is 6.95. The maximum Gasteiger partial charge on any atom is 0.573 e. The second kappa shape index (κ2) is 9.38. The molecular weight excluding hydrogens is 435 g/mol. The van der Waals surface area contributed by atoms with Gasteiger partial charge in [0, 0.05) is 19.3 Å². The largest absolute Gasteiger partial charge is 0.573 e. The van der Waals surface area contributed by atoms with Gasteiger partial charge < -0.3 is 19.9 Å². The Kier molecular flexibility index (Phi) is 6.84. The molecule has 1 aromatic carbocycles. The first-order chi connectivity index (χ1) is 14.6. The van der Waals surface area contributed by atoms with Crippen LogP contribution in [0.5, 0.6) is 5.75 Å². The lowest BCUT2D eigenvalue weighted by Crippen LogP contribution is -2.48. The molecule has 31 heavy (non-hydrogen) atoms. The van der Waals surface area contributed by atoms with Crippen LogP contribution in [0.1, 0.15) is 22.5 Å². The number of halogens is 3. The van der Waals surface area contributed by atoms with Gasteiger partial charge in [-0.25, -0.2) is 0 Å². The number of rotatable bonds is 6. The summed E-state index contributed by atoms with van der Waals surface area (Å²) in [4.78, 5) is 41.0. The molecule has 1 aliphatic heterocycles. The number of nitrogens with one attached hydrogen (secondary N) is 1. The molecule has 1 atom stereocenters. The van der Waals surface area contributed by atoms with Gasteiger partial charge >= 0.3 is 6.36 Å². The van der Waals surface area contributed by atoms with E-state index in [2.05, 4.69) is 10.1 Å². The topological polar surface area (TPSA) is 79.0 Å². The predicted octanol–water partition coefficient (Wildman–Crippen LogP) is 3.35. The number of hydrogen-bond acceptors (Lipinski definition) is 5. The second-order valence-corrected chi connectivity index (χ2v) is 7.90. The Morgan fingerprint density at radius 2 is 1.94 bits per heavy atom. The van der Waals surface area contributed by atoms with Crippen LogP contribution in [0.25, 0.3) is 0 Å². The van der Waals surface area contributed by atoms with Gasteiger partial charge in [0.05, 0.1) is 11.4 Å². The highest BCUT2D eigenvalue weighted by molar-refractivity contribution is 7.12. The van der Waals surface area contributed by atoms with Gasteiger partial charge in [-0.05, 0) is 48.6 Å². The van der Waals surface area contributed by atoms with Crippen molar-refractivity contribution in [2.24, 2.45) is 0 Å². The standard InChI is InChI=1S/C20H20F3N3O4S/c1-25(12-17(27)24-13-6-8-14(9-7-13)30-20(21,22)23)18(28)15-4-2-10-26(15)19(29)16-5-3-11-31-16/h3,5-9,11,15H,2,4,10,12H2,1H3,(H,24,27). The third kappa shape index (κ3) is 5.97. The molecule has 1 N–H and O–H groups in total. The van der Waals surface area contributed by atoms with Crippen molar-refractivity contribution in [1.82, 2.24) is 9.80 Å². The highest BCUT2D eigenvalue weighted by Crippen LogP contribution is 2.25. The number of amides is 3.